The van der Waals surface area contributed by atoms with Gasteiger partial charge in [0, 0.05) is 36.9 Å². The Hall–Kier alpha value is -2.03. The second kappa shape index (κ2) is 5.53. The number of fused-ring (bicyclic) bond motifs is 1. The van der Waals surface area contributed by atoms with Gasteiger partial charge in [-0.2, -0.15) is 0 Å². The zero-order valence-corrected chi connectivity index (χ0v) is 11.6. The van der Waals surface area contributed by atoms with Crippen LogP contribution in [0, 0.1) is 5.82 Å². The smallest absolute Gasteiger partial charge is 0.125 e. The Labute approximate surface area is 119 Å². The van der Waals surface area contributed by atoms with Crippen LogP contribution in [0.5, 0.6) is 0 Å². The van der Waals surface area contributed by atoms with Gasteiger partial charge in [-0.3, -0.25) is 0 Å². The van der Waals surface area contributed by atoms with Crippen molar-refractivity contribution in [2.75, 3.05) is 29.9 Å². The summed E-state index contributed by atoms with van der Waals surface area (Å²) in [6, 6.07) is 15.3. The van der Waals surface area contributed by atoms with Crippen molar-refractivity contribution in [2.45, 2.75) is 12.8 Å². The van der Waals surface area contributed by atoms with Crippen LogP contribution in [0.4, 0.5) is 15.8 Å². The highest BCUT2D eigenvalue weighted by atomic mass is 19.1. The maximum atomic E-state index is 13.4. The molecule has 1 atom stereocenters. The summed E-state index contributed by atoms with van der Waals surface area (Å²) in [6.45, 7) is 4.84. The lowest BCUT2D eigenvalue weighted by Gasteiger charge is -2.26. The lowest BCUT2D eigenvalue weighted by molar-refractivity contribution is 0.625. The van der Waals surface area contributed by atoms with Crippen molar-refractivity contribution in [2.24, 2.45) is 0 Å². The van der Waals surface area contributed by atoms with Gasteiger partial charge in [0.05, 0.1) is 0 Å². The average Bonchev–Trinajstić information content (AvgIpc) is 2.88. The summed E-state index contributed by atoms with van der Waals surface area (Å²) in [4.78, 5) is 2.23. The minimum atomic E-state index is -0.175. The molecule has 1 aliphatic heterocycles. The van der Waals surface area contributed by atoms with E-state index in [1.807, 2.05) is 6.07 Å². The summed E-state index contributed by atoms with van der Waals surface area (Å²) >= 11 is 0. The summed E-state index contributed by atoms with van der Waals surface area (Å²) in [5, 5.41) is 3.44. The molecular formula is C17H19FN2. The third-order valence-corrected chi connectivity index (χ3v) is 3.94. The van der Waals surface area contributed by atoms with Gasteiger partial charge >= 0.3 is 0 Å². The number of halogens is 1. The van der Waals surface area contributed by atoms with E-state index in [0.29, 0.717) is 5.92 Å². The fourth-order valence-corrected chi connectivity index (χ4v) is 2.88. The Morgan fingerprint density at radius 1 is 1.20 bits per heavy atom. The van der Waals surface area contributed by atoms with E-state index < -0.39 is 0 Å². The van der Waals surface area contributed by atoms with E-state index in [9.17, 15) is 4.39 Å². The molecular weight excluding hydrogens is 251 g/mol. The van der Waals surface area contributed by atoms with Crippen LogP contribution >= 0.6 is 0 Å². The van der Waals surface area contributed by atoms with Crippen LogP contribution in [0.25, 0.3) is 0 Å². The minimum Gasteiger partial charge on any atom is -0.384 e. The lowest BCUT2D eigenvalue weighted by Crippen LogP contribution is -2.29. The number of hydrogen-bond acceptors (Lipinski definition) is 2. The quantitative estimate of drug-likeness (QED) is 0.907. The fourth-order valence-electron chi connectivity index (χ4n) is 2.88. The van der Waals surface area contributed by atoms with Gasteiger partial charge in [-0.15, -0.1) is 0 Å². The van der Waals surface area contributed by atoms with Gasteiger partial charge in [0.25, 0.3) is 0 Å². The number of benzene rings is 2. The molecule has 20 heavy (non-hydrogen) atoms. The number of likely N-dealkylation sites (N-methyl/N-ethyl adjacent to an activating group) is 1. The molecule has 0 aliphatic carbocycles. The van der Waals surface area contributed by atoms with Gasteiger partial charge < -0.3 is 10.2 Å². The van der Waals surface area contributed by atoms with E-state index in [0.717, 1.165) is 25.3 Å². The normalized spacial score (nSPS) is 16.6. The van der Waals surface area contributed by atoms with Crippen LogP contribution in [-0.2, 0) is 0 Å². The molecule has 3 rings (SSSR count). The van der Waals surface area contributed by atoms with Gasteiger partial charge in [0.1, 0.15) is 5.82 Å². The first kappa shape index (κ1) is 13.0. The highest BCUT2D eigenvalue weighted by molar-refractivity contribution is 5.58. The van der Waals surface area contributed by atoms with Crippen LogP contribution in [0.15, 0.2) is 48.5 Å². The second-order valence-electron chi connectivity index (χ2n) is 5.18. The Morgan fingerprint density at radius 2 is 2.05 bits per heavy atom. The lowest BCUT2D eigenvalue weighted by atomic mass is 10.0. The number of hydrogen-bond donors (Lipinski definition) is 1. The predicted octanol–water partition coefficient (Wildman–Crippen LogP) is 3.86. The Balaban J connectivity index is 1.80. The molecule has 2 nitrogen and oxygen atoms in total. The first-order valence-corrected chi connectivity index (χ1v) is 7.11. The molecule has 2 aromatic carbocycles. The van der Waals surface area contributed by atoms with Crippen molar-refractivity contribution >= 4 is 11.4 Å². The molecule has 0 fully saturated rings. The van der Waals surface area contributed by atoms with Crippen molar-refractivity contribution in [1.82, 2.24) is 0 Å². The molecule has 0 saturated heterocycles. The van der Waals surface area contributed by atoms with Gasteiger partial charge in [0.15, 0.2) is 0 Å². The molecule has 1 N–H and O–H groups in total. The molecule has 1 heterocycles. The van der Waals surface area contributed by atoms with Gasteiger partial charge in [-0.05, 0) is 36.8 Å². The largest absolute Gasteiger partial charge is 0.384 e. The van der Waals surface area contributed by atoms with E-state index in [4.69, 9.17) is 0 Å². The highest BCUT2D eigenvalue weighted by Crippen LogP contribution is 2.32. The zero-order chi connectivity index (χ0) is 13.9. The molecule has 1 unspecified atom stereocenters. The summed E-state index contributed by atoms with van der Waals surface area (Å²) in [7, 11) is 0. The molecule has 0 saturated carbocycles. The highest BCUT2D eigenvalue weighted by Gasteiger charge is 2.23. The van der Waals surface area contributed by atoms with E-state index in [-0.39, 0.29) is 5.82 Å². The Bertz CT molecular complexity index is 597. The third kappa shape index (κ3) is 2.48. The molecule has 2 aromatic rings. The molecule has 0 spiro atoms. The van der Waals surface area contributed by atoms with Crippen molar-refractivity contribution in [3.05, 3.63) is 59.9 Å². The predicted molar refractivity (Wildman–Crippen MR) is 82.0 cm³/mol. The SMILES string of the molecule is CCN(CC1CNc2ccccc21)c1cccc(F)c1. The molecule has 1 aliphatic rings. The maximum absolute atomic E-state index is 13.4. The Kier molecular flexibility index (Phi) is 3.59. The molecule has 3 heteroatoms. The molecule has 104 valence electrons. The first-order valence-electron chi connectivity index (χ1n) is 7.11. The van der Waals surface area contributed by atoms with Crippen LogP contribution in [0.1, 0.15) is 18.4 Å². The van der Waals surface area contributed by atoms with Gasteiger partial charge in [0.2, 0.25) is 0 Å². The van der Waals surface area contributed by atoms with E-state index in [1.54, 1.807) is 12.1 Å². The summed E-state index contributed by atoms with van der Waals surface area (Å²) in [5.74, 6) is 0.278. The topological polar surface area (TPSA) is 15.3 Å². The first-order chi connectivity index (χ1) is 9.78. The number of para-hydroxylation sites is 1. The monoisotopic (exact) mass is 270 g/mol. The van der Waals surface area contributed by atoms with Crippen molar-refractivity contribution < 1.29 is 4.39 Å². The van der Waals surface area contributed by atoms with Crippen LogP contribution in [0.2, 0.25) is 0 Å². The summed E-state index contributed by atoms with van der Waals surface area (Å²) in [6.07, 6.45) is 0. The molecule has 0 radical (unpaired) electrons. The molecule has 0 bridgehead atoms. The van der Waals surface area contributed by atoms with E-state index >= 15 is 0 Å². The van der Waals surface area contributed by atoms with Crippen molar-refractivity contribution in [3.63, 3.8) is 0 Å². The van der Waals surface area contributed by atoms with Gasteiger partial charge in [-0.25, -0.2) is 4.39 Å². The maximum Gasteiger partial charge on any atom is 0.125 e. The van der Waals surface area contributed by atoms with E-state index in [2.05, 4.69) is 41.4 Å². The van der Waals surface area contributed by atoms with Crippen molar-refractivity contribution in [3.8, 4) is 0 Å². The number of rotatable bonds is 4. The standard InChI is InChI=1S/C17H19FN2/c1-2-20(15-7-5-6-14(18)10-15)12-13-11-19-17-9-4-3-8-16(13)17/h3-10,13,19H,2,11-12H2,1H3. The fraction of sp³-hybridized carbons (Fsp3) is 0.294. The zero-order valence-electron chi connectivity index (χ0n) is 11.6. The second-order valence-corrected chi connectivity index (χ2v) is 5.18. The minimum absolute atomic E-state index is 0.175. The van der Waals surface area contributed by atoms with Crippen LogP contribution in [0.3, 0.4) is 0 Å². The van der Waals surface area contributed by atoms with Gasteiger partial charge in [-0.1, -0.05) is 24.3 Å². The van der Waals surface area contributed by atoms with E-state index in [1.165, 1.54) is 17.3 Å². The summed E-state index contributed by atoms with van der Waals surface area (Å²) < 4.78 is 13.4. The number of nitrogens with one attached hydrogen (secondary N) is 1. The van der Waals surface area contributed by atoms with Crippen molar-refractivity contribution in [1.29, 1.82) is 0 Å². The average molecular weight is 270 g/mol. The van der Waals surface area contributed by atoms with Crippen LogP contribution < -0.4 is 10.2 Å². The molecule has 0 aromatic heterocycles. The Morgan fingerprint density at radius 3 is 2.85 bits per heavy atom. The molecule has 0 amide bonds. The van der Waals surface area contributed by atoms with Crippen LogP contribution in [-0.4, -0.2) is 19.6 Å². The third-order valence-electron chi connectivity index (χ3n) is 3.94. The summed E-state index contributed by atoms with van der Waals surface area (Å²) in [5.41, 5.74) is 3.55. The number of anilines is 2. The number of nitrogens with zero attached hydrogens (tertiary/aromatic N) is 1.